The first kappa shape index (κ1) is 11.8. The van der Waals surface area contributed by atoms with E-state index in [1.54, 1.807) is 6.20 Å². The first-order valence-corrected chi connectivity index (χ1v) is 6.33. The van der Waals surface area contributed by atoms with Crippen LogP contribution in [0.5, 0.6) is 0 Å². The first-order chi connectivity index (χ1) is 9.38. The molecule has 0 saturated heterocycles. The Hall–Kier alpha value is -2.27. The number of nitrogens with zero attached hydrogens (tertiary/aromatic N) is 4. The van der Waals surface area contributed by atoms with Crippen molar-refractivity contribution in [2.24, 2.45) is 5.73 Å². The van der Waals surface area contributed by atoms with E-state index < -0.39 is 0 Å². The zero-order valence-electron chi connectivity index (χ0n) is 10.5. The van der Waals surface area contributed by atoms with Gasteiger partial charge in [-0.3, -0.25) is 9.67 Å². The fraction of sp³-hybridized carbons (Fsp3) is 0.214. The van der Waals surface area contributed by atoms with Crippen molar-refractivity contribution in [3.05, 3.63) is 42.7 Å². The summed E-state index contributed by atoms with van der Waals surface area (Å²) in [5.41, 5.74) is 8.40. The van der Waals surface area contributed by atoms with Gasteiger partial charge in [0, 0.05) is 23.7 Å². The summed E-state index contributed by atoms with van der Waals surface area (Å²) in [5.74, 6) is 0. The Kier molecular flexibility index (Phi) is 3.20. The SMILES string of the molecule is NCCCn1cc(-c2ccnc3ccccc23)nn1. The molecule has 1 aromatic carbocycles. The number of benzene rings is 1. The van der Waals surface area contributed by atoms with E-state index in [0.717, 1.165) is 35.1 Å². The summed E-state index contributed by atoms with van der Waals surface area (Å²) in [4.78, 5) is 4.35. The van der Waals surface area contributed by atoms with Crippen LogP contribution in [0.2, 0.25) is 0 Å². The summed E-state index contributed by atoms with van der Waals surface area (Å²) >= 11 is 0. The Balaban J connectivity index is 2.02. The molecule has 0 aliphatic carbocycles. The lowest BCUT2D eigenvalue weighted by atomic mass is 10.1. The van der Waals surface area contributed by atoms with Crippen molar-refractivity contribution in [3.8, 4) is 11.3 Å². The molecule has 0 radical (unpaired) electrons. The first-order valence-electron chi connectivity index (χ1n) is 6.33. The largest absolute Gasteiger partial charge is 0.330 e. The molecule has 0 atom stereocenters. The Bertz CT molecular complexity index is 684. The van der Waals surface area contributed by atoms with Gasteiger partial charge in [-0.15, -0.1) is 5.10 Å². The number of hydrogen-bond acceptors (Lipinski definition) is 4. The molecule has 0 fully saturated rings. The molecule has 5 heteroatoms. The van der Waals surface area contributed by atoms with Crippen molar-refractivity contribution < 1.29 is 0 Å². The molecule has 0 aliphatic heterocycles. The molecule has 96 valence electrons. The van der Waals surface area contributed by atoms with Gasteiger partial charge in [0.05, 0.1) is 11.7 Å². The van der Waals surface area contributed by atoms with Crippen LogP contribution >= 0.6 is 0 Å². The van der Waals surface area contributed by atoms with Crippen LogP contribution in [0.15, 0.2) is 42.7 Å². The fourth-order valence-electron chi connectivity index (χ4n) is 2.10. The third-order valence-corrected chi connectivity index (χ3v) is 3.05. The molecule has 0 spiro atoms. The molecule has 0 aliphatic rings. The Labute approximate surface area is 111 Å². The maximum Gasteiger partial charge on any atom is 0.113 e. The maximum absolute atomic E-state index is 5.50. The van der Waals surface area contributed by atoms with Gasteiger partial charge in [-0.05, 0) is 25.1 Å². The predicted molar refractivity (Wildman–Crippen MR) is 74.4 cm³/mol. The van der Waals surface area contributed by atoms with Crippen molar-refractivity contribution in [1.29, 1.82) is 0 Å². The highest BCUT2D eigenvalue weighted by Crippen LogP contribution is 2.25. The van der Waals surface area contributed by atoms with Gasteiger partial charge in [0.2, 0.25) is 0 Å². The van der Waals surface area contributed by atoms with E-state index in [2.05, 4.69) is 21.4 Å². The zero-order chi connectivity index (χ0) is 13.1. The van der Waals surface area contributed by atoms with Crippen LogP contribution < -0.4 is 5.73 Å². The van der Waals surface area contributed by atoms with Crippen LogP contribution in [0.1, 0.15) is 6.42 Å². The van der Waals surface area contributed by atoms with E-state index in [1.807, 2.05) is 35.1 Å². The molecule has 3 rings (SSSR count). The second-order valence-electron chi connectivity index (χ2n) is 4.38. The van der Waals surface area contributed by atoms with Crippen molar-refractivity contribution in [2.45, 2.75) is 13.0 Å². The molecule has 0 unspecified atom stereocenters. The lowest BCUT2D eigenvalue weighted by molar-refractivity contribution is 0.564. The summed E-state index contributed by atoms with van der Waals surface area (Å²) in [7, 11) is 0. The zero-order valence-corrected chi connectivity index (χ0v) is 10.5. The van der Waals surface area contributed by atoms with E-state index in [-0.39, 0.29) is 0 Å². The third-order valence-electron chi connectivity index (χ3n) is 3.05. The quantitative estimate of drug-likeness (QED) is 0.770. The van der Waals surface area contributed by atoms with Gasteiger partial charge in [-0.25, -0.2) is 0 Å². The minimum atomic E-state index is 0.660. The molecular weight excluding hydrogens is 238 g/mol. The molecule has 2 heterocycles. The van der Waals surface area contributed by atoms with E-state index in [9.17, 15) is 0 Å². The molecule has 0 bridgehead atoms. The average Bonchev–Trinajstić information content (AvgIpc) is 2.93. The van der Waals surface area contributed by atoms with Crippen molar-refractivity contribution >= 4 is 10.9 Å². The van der Waals surface area contributed by atoms with E-state index in [4.69, 9.17) is 5.73 Å². The normalized spacial score (nSPS) is 11.0. The standard InChI is InChI=1S/C14H15N5/c15-7-3-9-19-10-14(17-18-19)12-6-8-16-13-5-2-1-4-11(12)13/h1-2,4-6,8,10H,3,7,9,15H2. The molecule has 0 saturated carbocycles. The van der Waals surface area contributed by atoms with Crippen LogP contribution in [-0.4, -0.2) is 26.5 Å². The molecule has 2 aromatic heterocycles. The summed E-state index contributed by atoms with van der Waals surface area (Å²) in [6, 6.07) is 10.0. The minimum Gasteiger partial charge on any atom is -0.330 e. The minimum absolute atomic E-state index is 0.660. The van der Waals surface area contributed by atoms with E-state index >= 15 is 0 Å². The van der Waals surface area contributed by atoms with Gasteiger partial charge in [-0.1, -0.05) is 23.4 Å². The van der Waals surface area contributed by atoms with Crippen LogP contribution in [0.25, 0.3) is 22.2 Å². The number of para-hydroxylation sites is 1. The third kappa shape index (κ3) is 2.32. The monoisotopic (exact) mass is 253 g/mol. The van der Waals surface area contributed by atoms with Gasteiger partial charge in [0.25, 0.3) is 0 Å². The highest BCUT2D eigenvalue weighted by Gasteiger charge is 2.07. The molecule has 3 aromatic rings. The van der Waals surface area contributed by atoms with Gasteiger partial charge in [0.15, 0.2) is 0 Å². The topological polar surface area (TPSA) is 69.6 Å². The Morgan fingerprint density at radius 2 is 2.05 bits per heavy atom. The highest BCUT2D eigenvalue weighted by atomic mass is 15.4. The predicted octanol–water partition coefficient (Wildman–Crippen LogP) is 1.84. The summed E-state index contributed by atoms with van der Waals surface area (Å²) < 4.78 is 1.83. The van der Waals surface area contributed by atoms with Crippen LogP contribution in [-0.2, 0) is 6.54 Å². The molecule has 19 heavy (non-hydrogen) atoms. The van der Waals surface area contributed by atoms with Crippen molar-refractivity contribution in [3.63, 3.8) is 0 Å². The second-order valence-corrected chi connectivity index (χ2v) is 4.38. The lowest BCUT2D eigenvalue weighted by Crippen LogP contribution is -2.06. The van der Waals surface area contributed by atoms with Gasteiger partial charge in [0.1, 0.15) is 5.69 Å². The fourth-order valence-corrected chi connectivity index (χ4v) is 2.10. The van der Waals surface area contributed by atoms with E-state index in [1.165, 1.54) is 0 Å². The highest BCUT2D eigenvalue weighted by molar-refractivity contribution is 5.92. The Morgan fingerprint density at radius 3 is 2.95 bits per heavy atom. The van der Waals surface area contributed by atoms with Gasteiger partial charge < -0.3 is 5.73 Å². The number of pyridine rings is 1. The van der Waals surface area contributed by atoms with Crippen LogP contribution in [0, 0.1) is 0 Å². The number of fused-ring (bicyclic) bond motifs is 1. The van der Waals surface area contributed by atoms with Crippen LogP contribution in [0.4, 0.5) is 0 Å². The van der Waals surface area contributed by atoms with Gasteiger partial charge in [-0.2, -0.15) is 0 Å². The molecule has 2 N–H and O–H groups in total. The van der Waals surface area contributed by atoms with Crippen LogP contribution in [0.3, 0.4) is 0 Å². The van der Waals surface area contributed by atoms with Crippen molar-refractivity contribution in [2.75, 3.05) is 6.54 Å². The number of nitrogens with two attached hydrogens (primary N) is 1. The summed E-state index contributed by atoms with van der Waals surface area (Å²) in [6.07, 6.45) is 4.66. The van der Waals surface area contributed by atoms with Crippen molar-refractivity contribution in [1.82, 2.24) is 20.0 Å². The average molecular weight is 253 g/mol. The maximum atomic E-state index is 5.50. The lowest BCUT2D eigenvalue weighted by Gasteiger charge is -2.01. The molecular formula is C14H15N5. The second kappa shape index (κ2) is 5.16. The number of rotatable bonds is 4. The Morgan fingerprint density at radius 1 is 1.16 bits per heavy atom. The number of aromatic nitrogens is 4. The summed E-state index contributed by atoms with van der Waals surface area (Å²) in [6.45, 7) is 1.46. The summed E-state index contributed by atoms with van der Waals surface area (Å²) in [5, 5.41) is 9.45. The molecule has 5 nitrogen and oxygen atoms in total. The number of aryl methyl sites for hydroxylation is 1. The van der Waals surface area contributed by atoms with Gasteiger partial charge >= 0.3 is 0 Å². The molecule has 0 amide bonds. The van der Waals surface area contributed by atoms with E-state index in [0.29, 0.717) is 6.54 Å². The number of hydrogen-bond donors (Lipinski definition) is 1. The smallest absolute Gasteiger partial charge is 0.113 e.